The minimum absolute atomic E-state index is 0. The van der Waals surface area contributed by atoms with E-state index in [1.54, 1.807) is 0 Å². The van der Waals surface area contributed by atoms with Gasteiger partial charge in [-0.2, -0.15) is 0 Å². The summed E-state index contributed by atoms with van der Waals surface area (Å²) in [6, 6.07) is 1.15. The fourth-order valence-electron chi connectivity index (χ4n) is 0.845. The maximum atomic E-state index is 11.1. The quantitative estimate of drug-likeness (QED) is 0.179. The van der Waals surface area contributed by atoms with Crippen LogP contribution in [0.5, 0.6) is 11.5 Å². The molecule has 2 N–H and O–H groups in total. The standard InChI is InChI=1S/C6H6O8S2.2K/c7-3-2-6(16(10,11)12)4(8)1-5(3)15-14-13-9;;/h1-2,7-9H,(H,10,11,12);;/q;2*+1/p-2. The molecule has 1 rings (SSSR count). The fourth-order valence-corrected chi connectivity index (χ4v) is 1.81. The topological polar surface area (TPSA) is 139 Å². The normalized spacial score (nSPS) is 10.3. The number of phenols is 1. The first-order chi connectivity index (χ1) is 7.36. The summed E-state index contributed by atoms with van der Waals surface area (Å²) in [6.07, 6.45) is 0. The van der Waals surface area contributed by atoms with Crippen molar-refractivity contribution in [3.8, 4) is 11.5 Å². The maximum Gasteiger partial charge on any atom is 1.00 e. The molecule has 0 radical (unpaired) electrons. The molecule has 1 aromatic rings. The van der Waals surface area contributed by atoms with Crippen molar-refractivity contribution >= 4 is 22.2 Å². The molecule has 1 aromatic carbocycles. The molecule has 0 bridgehead atoms. The summed E-state index contributed by atoms with van der Waals surface area (Å²) in [5.74, 6) is -1.77. The van der Waals surface area contributed by atoms with Crippen molar-refractivity contribution in [3.63, 3.8) is 0 Å². The molecule has 0 amide bonds. The first-order valence-electron chi connectivity index (χ1n) is 3.51. The molecule has 0 heterocycles. The second-order valence-electron chi connectivity index (χ2n) is 2.45. The third-order valence-electron chi connectivity index (χ3n) is 1.45. The largest absolute Gasteiger partial charge is 1.00 e. The van der Waals surface area contributed by atoms with Gasteiger partial charge in [-0.25, -0.2) is 13.7 Å². The van der Waals surface area contributed by atoms with Crippen LogP contribution in [0.15, 0.2) is 21.9 Å². The van der Waals surface area contributed by atoms with E-state index in [4.69, 9.17) is 5.26 Å². The van der Waals surface area contributed by atoms with Gasteiger partial charge in [0.25, 0.3) is 0 Å². The van der Waals surface area contributed by atoms with Crippen LogP contribution in [0.3, 0.4) is 0 Å². The van der Waals surface area contributed by atoms with Crippen molar-refractivity contribution in [2.75, 3.05) is 0 Å². The third-order valence-corrected chi connectivity index (χ3v) is 2.94. The summed E-state index contributed by atoms with van der Waals surface area (Å²) in [5.41, 5.74) is 0. The van der Waals surface area contributed by atoms with Crippen molar-refractivity contribution in [3.05, 3.63) is 12.1 Å². The monoisotopic (exact) mass is 346 g/mol. The molecule has 8 nitrogen and oxygen atoms in total. The van der Waals surface area contributed by atoms with Gasteiger partial charge in [-0.05, 0) is 12.1 Å². The van der Waals surface area contributed by atoms with E-state index in [1.807, 2.05) is 0 Å². The molecule has 18 heavy (non-hydrogen) atoms. The maximum absolute atomic E-state index is 11.1. The Morgan fingerprint density at radius 3 is 2.28 bits per heavy atom. The molecule has 0 aliphatic heterocycles. The summed E-state index contributed by atoms with van der Waals surface area (Å²) in [7, 11) is -4.95. The van der Waals surface area contributed by atoms with Crippen LogP contribution in [0, 0.1) is 0 Å². The Bertz CT molecular complexity index is 491. The van der Waals surface area contributed by atoms with Gasteiger partial charge < -0.3 is 14.8 Å². The van der Waals surface area contributed by atoms with Crippen LogP contribution in [0.25, 0.3) is 0 Å². The molecule has 0 saturated carbocycles. The van der Waals surface area contributed by atoms with E-state index in [1.165, 1.54) is 0 Å². The van der Waals surface area contributed by atoms with Crippen LogP contribution < -0.4 is 108 Å². The zero-order chi connectivity index (χ0) is 12.3. The zero-order valence-electron chi connectivity index (χ0n) is 9.32. The number of benzene rings is 1. The second-order valence-corrected chi connectivity index (χ2v) is 4.54. The molecular weight excluding hydrogens is 342 g/mol. The number of phenolic OH excluding ortho intramolecular Hbond substituents is 1. The summed E-state index contributed by atoms with van der Waals surface area (Å²) >= 11 is 0.261. The zero-order valence-corrected chi connectivity index (χ0v) is 17.2. The Morgan fingerprint density at radius 1 is 1.28 bits per heavy atom. The van der Waals surface area contributed by atoms with Crippen LogP contribution in [0.4, 0.5) is 0 Å². The average Bonchev–Trinajstić information content (AvgIpc) is 2.17. The molecule has 0 aliphatic carbocycles. The molecular formula is C6H4K2O8S2. The van der Waals surface area contributed by atoms with Gasteiger partial charge in [-0.3, -0.25) is 0 Å². The number of hydrogen-bond donors (Lipinski definition) is 2. The van der Waals surface area contributed by atoms with E-state index in [0.717, 1.165) is 0 Å². The number of hydrogen-bond acceptors (Lipinski definition) is 9. The average molecular weight is 346 g/mol. The Morgan fingerprint density at radius 2 is 1.83 bits per heavy atom. The van der Waals surface area contributed by atoms with E-state index in [9.17, 15) is 23.2 Å². The molecule has 0 aliphatic rings. The van der Waals surface area contributed by atoms with Crippen LogP contribution in [-0.4, -0.2) is 23.3 Å². The molecule has 0 aromatic heterocycles. The van der Waals surface area contributed by atoms with E-state index in [-0.39, 0.29) is 120 Å². The minimum atomic E-state index is -4.95. The smallest absolute Gasteiger partial charge is 0.872 e. The molecule has 0 atom stereocenters. The molecule has 0 unspecified atom stereocenters. The first-order valence-corrected chi connectivity index (χ1v) is 5.66. The van der Waals surface area contributed by atoms with Gasteiger partial charge in [0.2, 0.25) is 0 Å². The van der Waals surface area contributed by atoms with Crippen molar-refractivity contribution < 1.29 is 141 Å². The summed E-state index contributed by atoms with van der Waals surface area (Å²) in [4.78, 5) is -1.29. The molecule has 0 spiro atoms. The summed E-state index contributed by atoms with van der Waals surface area (Å²) in [6.45, 7) is 0. The molecule has 12 heteroatoms. The van der Waals surface area contributed by atoms with Crippen LogP contribution >= 0.6 is 12.0 Å². The second kappa shape index (κ2) is 10.0. The Kier molecular flexibility index (Phi) is 12.6. The predicted molar refractivity (Wildman–Crippen MR) is 46.2 cm³/mol. The Balaban J connectivity index is 0. The Labute approximate surface area is 192 Å². The minimum Gasteiger partial charge on any atom is -0.872 e. The van der Waals surface area contributed by atoms with Gasteiger partial charge in [0.1, 0.15) is 15.9 Å². The molecule has 90 valence electrons. The van der Waals surface area contributed by atoms with E-state index < -0.39 is 26.5 Å². The van der Waals surface area contributed by atoms with Crippen molar-refractivity contribution in [2.24, 2.45) is 0 Å². The van der Waals surface area contributed by atoms with Crippen molar-refractivity contribution in [1.29, 1.82) is 0 Å². The van der Waals surface area contributed by atoms with Gasteiger partial charge in [0.15, 0.2) is 0 Å². The van der Waals surface area contributed by atoms with Gasteiger partial charge >= 0.3 is 103 Å². The molecule has 0 saturated heterocycles. The van der Waals surface area contributed by atoms with Crippen LogP contribution in [0.1, 0.15) is 0 Å². The van der Waals surface area contributed by atoms with Gasteiger partial charge in [-0.1, -0.05) is 10.8 Å². The third kappa shape index (κ3) is 6.79. The van der Waals surface area contributed by atoms with E-state index >= 15 is 0 Å². The van der Waals surface area contributed by atoms with E-state index in [2.05, 4.69) is 9.37 Å². The summed E-state index contributed by atoms with van der Waals surface area (Å²) < 4.78 is 35.6. The van der Waals surface area contributed by atoms with Gasteiger partial charge in [-0.15, -0.1) is 4.33 Å². The Hall–Kier alpha value is 2.23. The molecule has 0 fully saturated rings. The van der Waals surface area contributed by atoms with Crippen LogP contribution in [-0.2, 0) is 19.5 Å². The van der Waals surface area contributed by atoms with Crippen molar-refractivity contribution in [1.82, 2.24) is 0 Å². The van der Waals surface area contributed by atoms with Gasteiger partial charge in [0, 0.05) is 0 Å². The SMILES string of the molecule is O=S(=O)([O-])c1cc(O)c(SOOO)cc1[O-].[K+].[K+]. The van der Waals surface area contributed by atoms with Gasteiger partial charge in [0.05, 0.1) is 21.8 Å². The van der Waals surface area contributed by atoms with Crippen molar-refractivity contribution in [2.45, 2.75) is 9.79 Å². The number of aromatic hydroxyl groups is 1. The fraction of sp³-hybridized carbons (Fsp3) is 0. The van der Waals surface area contributed by atoms with Crippen LogP contribution in [0.2, 0.25) is 0 Å². The van der Waals surface area contributed by atoms with E-state index in [0.29, 0.717) is 12.1 Å². The number of rotatable bonds is 4. The summed E-state index contributed by atoms with van der Waals surface area (Å²) in [5, 5.41) is 31.4. The first kappa shape index (κ1) is 22.5. The predicted octanol–water partition coefficient (Wildman–Crippen LogP) is -6.19.